The van der Waals surface area contributed by atoms with Crippen molar-refractivity contribution in [3.63, 3.8) is 0 Å². The van der Waals surface area contributed by atoms with Gasteiger partial charge in [0, 0.05) is 19.2 Å². The molecule has 0 radical (unpaired) electrons. The van der Waals surface area contributed by atoms with Gasteiger partial charge in [0.25, 0.3) is 0 Å². The number of rotatable bonds is 6. The van der Waals surface area contributed by atoms with Crippen molar-refractivity contribution in [2.75, 3.05) is 18.5 Å². The van der Waals surface area contributed by atoms with E-state index in [0.29, 0.717) is 12.0 Å². The summed E-state index contributed by atoms with van der Waals surface area (Å²) in [5, 5.41) is 3.27. The first-order chi connectivity index (χ1) is 8.74. The van der Waals surface area contributed by atoms with Crippen molar-refractivity contribution in [3.8, 4) is 5.88 Å². The highest BCUT2D eigenvalue weighted by Gasteiger charge is 2.14. The minimum atomic E-state index is 0.125. The van der Waals surface area contributed by atoms with E-state index in [1.165, 1.54) is 19.2 Å². The molecule has 1 saturated heterocycles. The van der Waals surface area contributed by atoms with Crippen molar-refractivity contribution >= 4 is 5.82 Å². The summed E-state index contributed by atoms with van der Waals surface area (Å²) in [6, 6.07) is 1.83. The molecule has 1 aliphatic rings. The first kappa shape index (κ1) is 13.1. The number of hydrogen-bond donors (Lipinski definition) is 1. The van der Waals surface area contributed by atoms with Gasteiger partial charge < -0.3 is 14.8 Å². The van der Waals surface area contributed by atoms with Crippen molar-refractivity contribution in [1.29, 1.82) is 0 Å². The summed E-state index contributed by atoms with van der Waals surface area (Å²) in [7, 11) is 0. The van der Waals surface area contributed by atoms with E-state index in [2.05, 4.69) is 15.3 Å². The number of nitrogens with one attached hydrogen (secondary N) is 1. The number of nitrogens with zero attached hydrogens (tertiary/aromatic N) is 2. The second kappa shape index (κ2) is 6.54. The maximum Gasteiger partial charge on any atom is 0.218 e. The highest BCUT2D eigenvalue weighted by atomic mass is 16.5. The van der Waals surface area contributed by atoms with Crippen LogP contribution in [0.2, 0.25) is 0 Å². The third-order valence-corrected chi connectivity index (χ3v) is 2.79. The second-order valence-electron chi connectivity index (χ2n) is 4.76. The third kappa shape index (κ3) is 4.14. The molecule has 1 fully saturated rings. The molecule has 2 heterocycles. The molecule has 1 aromatic rings. The molecule has 0 bridgehead atoms. The molecule has 0 aromatic carbocycles. The van der Waals surface area contributed by atoms with E-state index < -0.39 is 0 Å². The Morgan fingerprint density at radius 2 is 2.39 bits per heavy atom. The van der Waals surface area contributed by atoms with Gasteiger partial charge in [0.1, 0.15) is 12.1 Å². The van der Waals surface area contributed by atoms with Gasteiger partial charge in [0.15, 0.2) is 0 Å². The monoisotopic (exact) mass is 251 g/mol. The van der Waals surface area contributed by atoms with Crippen LogP contribution in [0.5, 0.6) is 5.88 Å². The van der Waals surface area contributed by atoms with Crippen LogP contribution in [0.15, 0.2) is 12.4 Å². The van der Waals surface area contributed by atoms with Crippen LogP contribution in [-0.4, -0.2) is 35.3 Å². The zero-order chi connectivity index (χ0) is 12.8. The Balaban J connectivity index is 1.77. The van der Waals surface area contributed by atoms with Crippen LogP contribution in [0, 0.1) is 0 Å². The van der Waals surface area contributed by atoms with E-state index >= 15 is 0 Å². The average molecular weight is 251 g/mol. The Bertz CT molecular complexity index is 365. The molecule has 0 saturated carbocycles. The zero-order valence-electron chi connectivity index (χ0n) is 11.1. The fourth-order valence-electron chi connectivity index (χ4n) is 1.98. The molecule has 18 heavy (non-hydrogen) atoms. The standard InChI is InChI=1S/C13H21N3O2/c1-10(2)18-13-8-12(15-9-16-13)14-6-5-11-4-3-7-17-11/h8-11H,3-7H2,1-2H3,(H,14,15,16). The predicted molar refractivity (Wildman–Crippen MR) is 69.9 cm³/mol. The maximum absolute atomic E-state index is 5.57. The normalized spacial score (nSPS) is 19.2. The van der Waals surface area contributed by atoms with E-state index in [-0.39, 0.29) is 6.10 Å². The summed E-state index contributed by atoms with van der Waals surface area (Å²) in [6.45, 7) is 5.73. The molecule has 2 rings (SSSR count). The smallest absolute Gasteiger partial charge is 0.218 e. The number of anilines is 1. The summed E-state index contributed by atoms with van der Waals surface area (Å²) in [5.74, 6) is 1.42. The molecular weight excluding hydrogens is 230 g/mol. The van der Waals surface area contributed by atoms with E-state index in [4.69, 9.17) is 9.47 Å². The highest BCUT2D eigenvalue weighted by Crippen LogP contribution is 2.16. The Morgan fingerprint density at radius 1 is 1.50 bits per heavy atom. The van der Waals surface area contributed by atoms with Crippen LogP contribution < -0.4 is 10.1 Å². The lowest BCUT2D eigenvalue weighted by atomic mass is 10.2. The summed E-state index contributed by atoms with van der Waals surface area (Å²) in [6.07, 6.45) is 5.43. The molecule has 5 nitrogen and oxygen atoms in total. The molecule has 5 heteroatoms. The van der Waals surface area contributed by atoms with E-state index in [9.17, 15) is 0 Å². The lowest BCUT2D eigenvalue weighted by Crippen LogP contribution is -2.13. The van der Waals surface area contributed by atoms with Gasteiger partial charge >= 0.3 is 0 Å². The first-order valence-electron chi connectivity index (χ1n) is 6.58. The van der Waals surface area contributed by atoms with Gasteiger partial charge in [-0.15, -0.1) is 0 Å². The first-order valence-corrected chi connectivity index (χ1v) is 6.58. The van der Waals surface area contributed by atoms with Crippen molar-refractivity contribution in [2.45, 2.75) is 45.3 Å². The molecule has 100 valence electrons. The van der Waals surface area contributed by atoms with Gasteiger partial charge in [-0.2, -0.15) is 0 Å². The van der Waals surface area contributed by atoms with Crippen LogP contribution in [0.1, 0.15) is 33.1 Å². The van der Waals surface area contributed by atoms with Crippen LogP contribution >= 0.6 is 0 Å². The van der Waals surface area contributed by atoms with Gasteiger partial charge in [-0.3, -0.25) is 0 Å². The van der Waals surface area contributed by atoms with E-state index in [0.717, 1.165) is 25.4 Å². The average Bonchev–Trinajstić information content (AvgIpc) is 2.82. The minimum Gasteiger partial charge on any atom is -0.475 e. The van der Waals surface area contributed by atoms with Crippen LogP contribution in [0.25, 0.3) is 0 Å². The van der Waals surface area contributed by atoms with Crippen molar-refractivity contribution in [3.05, 3.63) is 12.4 Å². The van der Waals surface area contributed by atoms with Crippen LogP contribution in [0.4, 0.5) is 5.82 Å². The molecule has 1 aromatic heterocycles. The number of hydrogen-bond acceptors (Lipinski definition) is 5. The number of aromatic nitrogens is 2. The molecular formula is C13H21N3O2. The summed E-state index contributed by atoms with van der Waals surface area (Å²) >= 11 is 0. The van der Waals surface area contributed by atoms with E-state index in [1.54, 1.807) is 0 Å². The summed E-state index contributed by atoms with van der Waals surface area (Å²) < 4.78 is 11.1. The Kier molecular flexibility index (Phi) is 4.75. The lowest BCUT2D eigenvalue weighted by Gasteiger charge is -2.12. The van der Waals surface area contributed by atoms with Gasteiger partial charge in [0.2, 0.25) is 5.88 Å². The predicted octanol–water partition coefficient (Wildman–Crippen LogP) is 2.24. The Morgan fingerprint density at radius 3 is 3.11 bits per heavy atom. The van der Waals surface area contributed by atoms with Crippen LogP contribution in [-0.2, 0) is 4.74 Å². The SMILES string of the molecule is CC(C)Oc1cc(NCCC2CCCO2)ncn1. The fraction of sp³-hybridized carbons (Fsp3) is 0.692. The Hall–Kier alpha value is -1.36. The number of ether oxygens (including phenoxy) is 2. The topological polar surface area (TPSA) is 56.3 Å². The molecule has 0 spiro atoms. The van der Waals surface area contributed by atoms with E-state index in [1.807, 2.05) is 19.9 Å². The molecule has 1 atom stereocenters. The minimum absolute atomic E-state index is 0.125. The summed E-state index contributed by atoms with van der Waals surface area (Å²) in [4.78, 5) is 8.23. The van der Waals surface area contributed by atoms with Crippen molar-refractivity contribution in [2.24, 2.45) is 0 Å². The van der Waals surface area contributed by atoms with Gasteiger partial charge in [-0.25, -0.2) is 9.97 Å². The molecule has 1 aliphatic heterocycles. The molecule has 0 aliphatic carbocycles. The quantitative estimate of drug-likeness (QED) is 0.840. The van der Waals surface area contributed by atoms with Gasteiger partial charge in [0.05, 0.1) is 12.2 Å². The molecule has 1 N–H and O–H groups in total. The summed E-state index contributed by atoms with van der Waals surface area (Å²) in [5.41, 5.74) is 0. The molecule has 1 unspecified atom stereocenters. The largest absolute Gasteiger partial charge is 0.475 e. The maximum atomic E-state index is 5.57. The van der Waals surface area contributed by atoms with Gasteiger partial charge in [-0.1, -0.05) is 0 Å². The second-order valence-corrected chi connectivity index (χ2v) is 4.76. The van der Waals surface area contributed by atoms with Crippen molar-refractivity contribution in [1.82, 2.24) is 9.97 Å². The van der Waals surface area contributed by atoms with Crippen LogP contribution in [0.3, 0.4) is 0 Å². The van der Waals surface area contributed by atoms with Crippen molar-refractivity contribution < 1.29 is 9.47 Å². The Labute approximate surface area is 108 Å². The van der Waals surface area contributed by atoms with Gasteiger partial charge in [-0.05, 0) is 33.1 Å². The zero-order valence-corrected chi connectivity index (χ0v) is 11.1. The fourth-order valence-corrected chi connectivity index (χ4v) is 1.98. The highest BCUT2D eigenvalue weighted by molar-refractivity contribution is 5.36. The molecule has 0 amide bonds. The third-order valence-electron chi connectivity index (χ3n) is 2.79. The lowest BCUT2D eigenvalue weighted by molar-refractivity contribution is 0.107.